The highest BCUT2D eigenvalue weighted by Crippen LogP contribution is 2.22. The van der Waals surface area contributed by atoms with Gasteiger partial charge in [-0.05, 0) is 37.3 Å². The predicted octanol–water partition coefficient (Wildman–Crippen LogP) is 2.37. The topological polar surface area (TPSA) is 82.7 Å². The summed E-state index contributed by atoms with van der Waals surface area (Å²) in [5.41, 5.74) is 3.12. The van der Waals surface area contributed by atoms with Crippen LogP contribution >= 0.6 is 0 Å². The maximum atomic E-state index is 11.9. The highest BCUT2D eigenvalue weighted by Gasteiger charge is 2.12. The maximum Gasteiger partial charge on any atom is 0.254 e. The lowest BCUT2D eigenvalue weighted by molar-refractivity contribution is 0.0963. The SMILES string of the molecule is CNC(=O)c1ccc(C)nc1Nc1ccc2cn[nH]c2c1. The Balaban J connectivity index is 1.99. The molecule has 1 amide bonds. The molecule has 0 unspecified atom stereocenters. The number of carbonyl (C=O) groups is 1. The standard InChI is InChI=1S/C15H15N5O/c1-9-3-6-12(15(21)16-2)14(18-9)19-11-5-4-10-8-17-20-13(10)7-11/h3-8H,1-2H3,(H,16,21)(H,17,20)(H,18,19). The molecule has 6 heteroatoms. The van der Waals surface area contributed by atoms with Crippen LogP contribution in [0.5, 0.6) is 0 Å². The fourth-order valence-corrected chi connectivity index (χ4v) is 2.12. The number of amides is 1. The Bertz CT molecular complexity index is 809. The average molecular weight is 281 g/mol. The third kappa shape index (κ3) is 2.55. The number of fused-ring (bicyclic) bond motifs is 1. The van der Waals surface area contributed by atoms with Gasteiger partial charge < -0.3 is 10.6 Å². The third-order valence-electron chi connectivity index (χ3n) is 3.21. The molecule has 2 heterocycles. The molecule has 0 saturated carbocycles. The van der Waals surface area contributed by atoms with Gasteiger partial charge in [0.05, 0.1) is 17.3 Å². The summed E-state index contributed by atoms with van der Waals surface area (Å²) in [5, 5.41) is 13.7. The van der Waals surface area contributed by atoms with E-state index in [-0.39, 0.29) is 5.91 Å². The van der Waals surface area contributed by atoms with Crippen molar-refractivity contribution >= 4 is 28.3 Å². The van der Waals surface area contributed by atoms with Crippen molar-refractivity contribution < 1.29 is 4.79 Å². The zero-order chi connectivity index (χ0) is 14.8. The van der Waals surface area contributed by atoms with E-state index in [0.29, 0.717) is 11.4 Å². The van der Waals surface area contributed by atoms with Crippen molar-refractivity contribution in [3.63, 3.8) is 0 Å². The molecule has 0 fully saturated rings. The molecule has 0 spiro atoms. The Hall–Kier alpha value is -2.89. The number of hydrogen-bond acceptors (Lipinski definition) is 4. The molecule has 0 bridgehead atoms. The van der Waals surface area contributed by atoms with Gasteiger partial charge in [-0.25, -0.2) is 4.98 Å². The number of rotatable bonds is 3. The molecule has 3 N–H and O–H groups in total. The molecule has 3 aromatic rings. The van der Waals surface area contributed by atoms with Crippen molar-refractivity contribution in [2.24, 2.45) is 0 Å². The van der Waals surface area contributed by atoms with E-state index >= 15 is 0 Å². The molecule has 2 aromatic heterocycles. The van der Waals surface area contributed by atoms with Crippen molar-refractivity contribution in [2.45, 2.75) is 6.92 Å². The van der Waals surface area contributed by atoms with E-state index in [0.717, 1.165) is 22.3 Å². The van der Waals surface area contributed by atoms with Gasteiger partial charge in [-0.3, -0.25) is 9.89 Å². The Labute approximate surface area is 121 Å². The molecule has 21 heavy (non-hydrogen) atoms. The summed E-state index contributed by atoms with van der Waals surface area (Å²) in [4.78, 5) is 16.3. The van der Waals surface area contributed by atoms with Gasteiger partial charge >= 0.3 is 0 Å². The fourth-order valence-electron chi connectivity index (χ4n) is 2.12. The number of benzene rings is 1. The summed E-state index contributed by atoms with van der Waals surface area (Å²) in [6, 6.07) is 9.39. The molecular formula is C15H15N5O. The van der Waals surface area contributed by atoms with Crippen molar-refractivity contribution in [1.82, 2.24) is 20.5 Å². The number of H-pyrrole nitrogens is 1. The van der Waals surface area contributed by atoms with Crippen LogP contribution in [0.25, 0.3) is 10.9 Å². The molecule has 0 atom stereocenters. The van der Waals surface area contributed by atoms with Gasteiger partial charge in [0.25, 0.3) is 5.91 Å². The first-order valence-electron chi connectivity index (χ1n) is 6.57. The van der Waals surface area contributed by atoms with Gasteiger partial charge in [-0.15, -0.1) is 0 Å². The van der Waals surface area contributed by atoms with Crippen LogP contribution in [0.3, 0.4) is 0 Å². The number of carbonyl (C=O) groups excluding carboxylic acids is 1. The van der Waals surface area contributed by atoms with E-state index in [1.165, 1.54) is 0 Å². The van der Waals surface area contributed by atoms with Crippen LogP contribution in [-0.4, -0.2) is 28.1 Å². The van der Waals surface area contributed by atoms with Crippen LogP contribution in [0.15, 0.2) is 36.5 Å². The molecule has 0 aliphatic rings. The summed E-state index contributed by atoms with van der Waals surface area (Å²) < 4.78 is 0. The van der Waals surface area contributed by atoms with Gasteiger partial charge in [-0.1, -0.05) is 0 Å². The Morgan fingerprint density at radius 1 is 1.24 bits per heavy atom. The van der Waals surface area contributed by atoms with Crippen molar-refractivity contribution in [1.29, 1.82) is 0 Å². The monoisotopic (exact) mass is 281 g/mol. The quantitative estimate of drug-likeness (QED) is 0.688. The zero-order valence-corrected chi connectivity index (χ0v) is 11.8. The lowest BCUT2D eigenvalue weighted by Gasteiger charge is -2.11. The summed E-state index contributed by atoms with van der Waals surface area (Å²) in [5.74, 6) is 0.362. The van der Waals surface area contributed by atoms with E-state index in [1.807, 2.05) is 31.2 Å². The van der Waals surface area contributed by atoms with Crippen molar-refractivity contribution in [3.8, 4) is 0 Å². The normalized spacial score (nSPS) is 10.6. The molecule has 0 saturated heterocycles. The first-order chi connectivity index (χ1) is 10.2. The number of anilines is 2. The molecule has 1 aromatic carbocycles. The second-order valence-electron chi connectivity index (χ2n) is 4.72. The number of nitrogens with zero attached hydrogens (tertiary/aromatic N) is 2. The number of pyridine rings is 1. The second kappa shape index (κ2) is 5.24. The summed E-state index contributed by atoms with van der Waals surface area (Å²) in [7, 11) is 1.60. The lowest BCUT2D eigenvalue weighted by atomic mass is 10.2. The predicted molar refractivity (Wildman–Crippen MR) is 81.7 cm³/mol. The minimum atomic E-state index is -0.174. The summed E-state index contributed by atoms with van der Waals surface area (Å²) in [6.45, 7) is 1.89. The van der Waals surface area contributed by atoms with Gasteiger partial charge in [0, 0.05) is 23.8 Å². The first kappa shape index (κ1) is 13.1. The van der Waals surface area contributed by atoms with E-state index in [9.17, 15) is 4.79 Å². The number of hydrogen-bond donors (Lipinski definition) is 3. The molecule has 3 rings (SSSR count). The number of aryl methyl sites for hydroxylation is 1. The second-order valence-corrected chi connectivity index (χ2v) is 4.72. The van der Waals surface area contributed by atoms with Crippen LogP contribution in [0.2, 0.25) is 0 Å². The Morgan fingerprint density at radius 3 is 2.90 bits per heavy atom. The van der Waals surface area contributed by atoms with Crippen LogP contribution in [-0.2, 0) is 0 Å². The maximum absolute atomic E-state index is 11.9. The van der Waals surface area contributed by atoms with Crippen LogP contribution in [0.1, 0.15) is 16.1 Å². The molecule has 106 valence electrons. The molecule has 0 aliphatic carbocycles. The number of aromatic amines is 1. The van der Waals surface area contributed by atoms with Gasteiger partial charge in [0.1, 0.15) is 5.82 Å². The largest absolute Gasteiger partial charge is 0.355 e. The highest BCUT2D eigenvalue weighted by molar-refractivity contribution is 5.99. The number of nitrogens with one attached hydrogen (secondary N) is 3. The van der Waals surface area contributed by atoms with Gasteiger partial charge in [0.15, 0.2) is 0 Å². The van der Waals surface area contributed by atoms with Crippen molar-refractivity contribution in [2.75, 3.05) is 12.4 Å². The van der Waals surface area contributed by atoms with E-state index in [1.54, 1.807) is 19.3 Å². The Kier molecular flexibility index (Phi) is 3.27. The number of aromatic nitrogens is 3. The van der Waals surface area contributed by atoms with E-state index < -0.39 is 0 Å². The van der Waals surface area contributed by atoms with Crippen LogP contribution in [0.4, 0.5) is 11.5 Å². The summed E-state index contributed by atoms with van der Waals surface area (Å²) in [6.07, 6.45) is 1.76. The molecule has 0 radical (unpaired) electrons. The van der Waals surface area contributed by atoms with E-state index in [2.05, 4.69) is 25.8 Å². The van der Waals surface area contributed by atoms with Crippen LogP contribution in [0, 0.1) is 6.92 Å². The smallest absolute Gasteiger partial charge is 0.254 e. The van der Waals surface area contributed by atoms with Crippen LogP contribution < -0.4 is 10.6 Å². The minimum Gasteiger partial charge on any atom is -0.355 e. The Morgan fingerprint density at radius 2 is 2.10 bits per heavy atom. The summed E-state index contributed by atoms with van der Waals surface area (Å²) >= 11 is 0. The average Bonchev–Trinajstić information content (AvgIpc) is 2.94. The van der Waals surface area contributed by atoms with Gasteiger partial charge in [0.2, 0.25) is 0 Å². The first-order valence-corrected chi connectivity index (χ1v) is 6.57. The third-order valence-corrected chi connectivity index (χ3v) is 3.21. The van der Waals surface area contributed by atoms with Crippen molar-refractivity contribution in [3.05, 3.63) is 47.8 Å². The highest BCUT2D eigenvalue weighted by atomic mass is 16.1. The molecule has 6 nitrogen and oxygen atoms in total. The molecular weight excluding hydrogens is 266 g/mol. The van der Waals surface area contributed by atoms with E-state index in [4.69, 9.17) is 0 Å². The lowest BCUT2D eigenvalue weighted by Crippen LogP contribution is -2.19. The molecule has 0 aliphatic heterocycles. The minimum absolute atomic E-state index is 0.174. The fraction of sp³-hybridized carbons (Fsp3) is 0.133. The zero-order valence-electron chi connectivity index (χ0n) is 11.8. The van der Waals surface area contributed by atoms with Gasteiger partial charge in [-0.2, -0.15) is 5.10 Å².